The normalized spacial score (nSPS) is 40.3. The summed E-state index contributed by atoms with van der Waals surface area (Å²) in [6, 6.07) is 0.842. The van der Waals surface area contributed by atoms with Gasteiger partial charge in [-0.2, -0.15) is 0 Å². The zero-order valence-electron chi connectivity index (χ0n) is 13.0. The molecule has 0 aliphatic heterocycles. The van der Waals surface area contributed by atoms with Gasteiger partial charge in [0.2, 0.25) is 0 Å². The van der Waals surface area contributed by atoms with Crippen molar-refractivity contribution in [2.75, 3.05) is 13.1 Å². The summed E-state index contributed by atoms with van der Waals surface area (Å²) < 4.78 is 0. The predicted octanol–water partition coefficient (Wildman–Crippen LogP) is 2.40. The molecule has 0 aromatic heterocycles. The van der Waals surface area contributed by atoms with Crippen molar-refractivity contribution in [3.8, 4) is 0 Å². The highest BCUT2D eigenvalue weighted by Gasteiger charge is 2.51. The molecule has 0 atom stereocenters. The van der Waals surface area contributed by atoms with Crippen LogP contribution in [0.1, 0.15) is 57.8 Å². The second-order valence-corrected chi connectivity index (χ2v) is 8.16. The van der Waals surface area contributed by atoms with E-state index in [1.807, 2.05) is 0 Å². The number of carbonyl (C=O) groups is 1. The lowest BCUT2D eigenvalue weighted by Gasteiger charge is -2.56. The molecular formula is C17H29N3O. The number of nitrogens with one attached hydrogen (secondary N) is 3. The molecule has 0 spiro atoms. The van der Waals surface area contributed by atoms with E-state index in [2.05, 4.69) is 16.0 Å². The summed E-state index contributed by atoms with van der Waals surface area (Å²) in [7, 11) is 0. The maximum Gasteiger partial charge on any atom is 0.315 e. The quantitative estimate of drug-likeness (QED) is 0.658. The summed E-state index contributed by atoms with van der Waals surface area (Å²) in [4.78, 5) is 12.2. The van der Waals surface area contributed by atoms with E-state index in [9.17, 15) is 4.79 Å². The second kappa shape index (κ2) is 5.45. The lowest BCUT2D eigenvalue weighted by Crippen LogP contribution is -2.61. The molecule has 0 aromatic rings. The fourth-order valence-electron chi connectivity index (χ4n) is 5.43. The van der Waals surface area contributed by atoms with Gasteiger partial charge >= 0.3 is 6.03 Å². The van der Waals surface area contributed by atoms with Gasteiger partial charge in [-0.1, -0.05) is 0 Å². The third-order valence-electron chi connectivity index (χ3n) is 6.07. The second-order valence-electron chi connectivity index (χ2n) is 8.16. The van der Waals surface area contributed by atoms with Gasteiger partial charge in [-0.25, -0.2) is 4.79 Å². The fraction of sp³-hybridized carbons (Fsp3) is 0.941. The number of rotatable bonds is 6. The van der Waals surface area contributed by atoms with Crippen LogP contribution in [0.25, 0.3) is 0 Å². The highest BCUT2D eigenvalue weighted by molar-refractivity contribution is 5.74. The van der Waals surface area contributed by atoms with Gasteiger partial charge < -0.3 is 16.0 Å². The number of amides is 2. The first-order valence-electron chi connectivity index (χ1n) is 9.00. The topological polar surface area (TPSA) is 53.2 Å². The third-order valence-corrected chi connectivity index (χ3v) is 6.07. The number of hydrogen-bond donors (Lipinski definition) is 3. The molecule has 0 radical (unpaired) electrons. The van der Waals surface area contributed by atoms with Crippen molar-refractivity contribution >= 4 is 6.03 Å². The summed E-state index contributed by atoms with van der Waals surface area (Å²) in [5.41, 5.74) is 0.144. The smallest absolute Gasteiger partial charge is 0.315 e. The molecule has 5 aliphatic rings. The molecule has 21 heavy (non-hydrogen) atoms. The Labute approximate surface area is 127 Å². The summed E-state index contributed by atoms with van der Waals surface area (Å²) in [5, 5.41) is 9.91. The molecular weight excluding hydrogens is 262 g/mol. The molecule has 0 saturated heterocycles. The van der Waals surface area contributed by atoms with E-state index in [0.717, 1.165) is 43.3 Å². The van der Waals surface area contributed by atoms with Crippen LogP contribution in [0.3, 0.4) is 0 Å². The molecule has 5 rings (SSSR count). The maximum absolute atomic E-state index is 12.2. The molecule has 4 heteroatoms. The van der Waals surface area contributed by atoms with Crippen molar-refractivity contribution in [3.63, 3.8) is 0 Å². The number of carbonyl (C=O) groups excluding carboxylic acids is 1. The molecule has 2 amide bonds. The molecule has 5 aliphatic carbocycles. The maximum atomic E-state index is 12.2. The Balaban J connectivity index is 1.21. The van der Waals surface area contributed by atoms with Gasteiger partial charge in [0, 0.05) is 18.1 Å². The van der Waals surface area contributed by atoms with Crippen LogP contribution < -0.4 is 16.0 Å². The minimum Gasteiger partial charge on any atom is -0.338 e. The van der Waals surface area contributed by atoms with Crippen molar-refractivity contribution in [2.45, 2.75) is 69.4 Å². The molecule has 4 nitrogen and oxygen atoms in total. The van der Waals surface area contributed by atoms with Crippen LogP contribution in [-0.2, 0) is 0 Å². The van der Waals surface area contributed by atoms with E-state index >= 15 is 0 Å². The van der Waals surface area contributed by atoms with Gasteiger partial charge in [-0.3, -0.25) is 0 Å². The highest BCUT2D eigenvalue weighted by atomic mass is 16.2. The van der Waals surface area contributed by atoms with Crippen LogP contribution in [0.4, 0.5) is 4.79 Å². The van der Waals surface area contributed by atoms with Gasteiger partial charge in [-0.15, -0.1) is 0 Å². The lowest BCUT2D eigenvalue weighted by molar-refractivity contribution is -0.0135. The first kappa shape index (κ1) is 13.9. The van der Waals surface area contributed by atoms with Crippen molar-refractivity contribution < 1.29 is 4.79 Å². The number of urea groups is 1. The van der Waals surface area contributed by atoms with Crippen LogP contribution in [0, 0.1) is 17.8 Å². The zero-order valence-corrected chi connectivity index (χ0v) is 13.0. The van der Waals surface area contributed by atoms with Gasteiger partial charge in [0.05, 0.1) is 0 Å². The van der Waals surface area contributed by atoms with Crippen LogP contribution in [0.2, 0.25) is 0 Å². The average molecular weight is 291 g/mol. The first-order chi connectivity index (χ1) is 10.2. The Morgan fingerprint density at radius 3 is 2.14 bits per heavy atom. The molecule has 0 heterocycles. The Kier molecular flexibility index (Phi) is 3.60. The first-order valence-corrected chi connectivity index (χ1v) is 9.00. The molecule has 118 valence electrons. The van der Waals surface area contributed by atoms with Crippen LogP contribution in [0.5, 0.6) is 0 Å². The van der Waals surface area contributed by atoms with Gasteiger partial charge in [-0.05, 0) is 82.1 Å². The Morgan fingerprint density at radius 1 is 0.952 bits per heavy atom. The largest absolute Gasteiger partial charge is 0.338 e. The van der Waals surface area contributed by atoms with Gasteiger partial charge in [0.25, 0.3) is 0 Å². The minimum absolute atomic E-state index is 0.0726. The fourth-order valence-corrected chi connectivity index (χ4v) is 5.43. The molecule has 0 aromatic carbocycles. The SMILES string of the molecule is O=C(NCCCNC1CC1)NC12CC3CC(CC(C3)C1)C2. The molecule has 3 N–H and O–H groups in total. The van der Waals surface area contributed by atoms with Gasteiger partial charge in [0.15, 0.2) is 0 Å². The predicted molar refractivity (Wildman–Crippen MR) is 83.1 cm³/mol. The van der Waals surface area contributed by atoms with Crippen molar-refractivity contribution in [3.05, 3.63) is 0 Å². The summed E-state index contributed by atoms with van der Waals surface area (Å²) >= 11 is 0. The van der Waals surface area contributed by atoms with Crippen molar-refractivity contribution in [1.29, 1.82) is 0 Å². The van der Waals surface area contributed by atoms with E-state index in [1.54, 1.807) is 0 Å². The number of hydrogen-bond acceptors (Lipinski definition) is 2. The molecule has 0 unspecified atom stereocenters. The van der Waals surface area contributed by atoms with E-state index < -0.39 is 0 Å². The molecule has 5 saturated carbocycles. The van der Waals surface area contributed by atoms with Gasteiger partial charge in [0.1, 0.15) is 0 Å². The van der Waals surface area contributed by atoms with Crippen LogP contribution in [-0.4, -0.2) is 30.7 Å². The van der Waals surface area contributed by atoms with Crippen LogP contribution in [0.15, 0.2) is 0 Å². The average Bonchev–Trinajstić information content (AvgIpc) is 3.20. The molecule has 4 bridgehead atoms. The van der Waals surface area contributed by atoms with E-state index in [0.29, 0.717) is 0 Å². The zero-order chi connectivity index (χ0) is 14.3. The summed E-state index contributed by atoms with van der Waals surface area (Å²) in [6.45, 7) is 1.82. The van der Waals surface area contributed by atoms with E-state index in [1.165, 1.54) is 51.4 Å². The van der Waals surface area contributed by atoms with Crippen molar-refractivity contribution in [2.24, 2.45) is 17.8 Å². The van der Waals surface area contributed by atoms with Crippen LogP contribution >= 0.6 is 0 Å². The van der Waals surface area contributed by atoms with Crippen molar-refractivity contribution in [1.82, 2.24) is 16.0 Å². The summed E-state index contributed by atoms with van der Waals surface area (Å²) in [5.74, 6) is 2.66. The third kappa shape index (κ3) is 3.20. The minimum atomic E-state index is 0.0726. The Bertz CT molecular complexity index is 370. The Morgan fingerprint density at radius 2 is 1.57 bits per heavy atom. The summed E-state index contributed by atoms with van der Waals surface area (Å²) in [6.07, 6.45) is 11.7. The standard InChI is InChI=1S/C17H29N3O/c21-16(19-5-1-4-18-15-2-3-15)20-17-9-12-6-13(10-17)8-14(7-12)11-17/h12-15,18H,1-11H2,(H2,19,20,21). The Hall–Kier alpha value is -0.770. The highest BCUT2D eigenvalue weighted by Crippen LogP contribution is 2.55. The monoisotopic (exact) mass is 291 g/mol. The van der Waals surface area contributed by atoms with E-state index in [-0.39, 0.29) is 11.6 Å². The lowest BCUT2D eigenvalue weighted by atomic mass is 9.53. The van der Waals surface area contributed by atoms with E-state index in [4.69, 9.17) is 0 Å². The molecule has 5 fully saturated rings.